The second-order valence-corrected chi connectivity index (χ2v) is 22.9. The zero-order valence-corrected chi connectivity index (χ0v) is 47.4. The third-order valence-corrected chi connectivity index (χ3v) is 15.4. The largest absolute Gasteiger partial charge is 0.459 e. The maximum Gasteiger partial charge on any atom is 0.426 e. The van der Waals surface area contributed by atoms with E-state index in [4.69, 9.17) is 44.8 Å². The number of esters is 1. The summed E-state index contributed by atoms with van der Waals surface area (Å²) in [7, 11) is 5.57. The second-order valence-electron chi connectivity index (χ2n) is 22.4. The van der Waals surface area contributed by atoms with Gasteiger partial charge in [-0.15, -0.1) is 0 Å². The van der Waals surface area contributed by atoms with Crippen LogP contribution in [0.5, 0.6) is 0 Å². The summed E-state index contributed by atoms with van der Waals surface area (Å²) in [5.74, 6) is -3.57. The van der Waals surface area contributed by atoms with E-state index in [0.29, 0.717) is 24.4 Å². The fraction of sp³-hybridized carbons (Fsp3) is 0.679. The molecule has 0 saturated carbocycles. The van der Waals surface area contributed by atoms with E-state index in [1.165, 1.54) is 6.08 Å². The third-order valence-electron chi connectivity index (χ3n) is 15.1. The van der Waals surface area contributed by atoms with Crippen molar-refractivity contribution in [2.45, 2.75) is 187 Å². The average Bonchev–Trinajstić information content (AvgIpc) is 3.35. The third kappa shape index (κ3) is 17.3. The number of aliphatic hydroxyl groups excluding tert-OH is 2. The highest BCUT2D eigenvalue weighted by Crippen LogP contribution is 2.42. The van der Waals surface area contributed by atoms with Crippen molar-refractivity contribution < 1.29 is 67.7 Å². The summed E-state index contributed by atoms with van der Waals surface area (Å²) >= 11 is 5.96. The number of hydrogen-bond acceptors (Lipinski definition) is 16. The Labute approximate surface area is 454 Å². The molecule has 3 fully saturated rings. The van der Waals surface area contributed by atoms with Crippen LogP contribution in [-0.2, 0) is 49.2 Å². The SMILES string of the molecule is CC[C@H]1OC(=O)[C@H](C)[C@@H](OC2CC(C)(C)[C@@H](OC(=O)NNC(=O)/C=C/c3ccc(Cl)cc3)[C@H](C)O2)[C@H](C)[C@@H](O[C@@H]2O[C@H](C)C[C@H](N(C)C)[C@H]2O)[C@@](C)(O)C[C@@H](C)CN(C)[C@H](C)[C@@H](OC(=O)NCCc2ccccc2)[C@H]1O. The van der Waals surface area contributed by atoms with Crippen LogP contribution in [0.2, 0.25) is 5.02 Å². The molecular weight excluding hydrogens is 1000 g/mol. The van der Waals surface area contributed by atoms with E-state index in [2.05, 4.69) is 16.2 Å². The second kappa shape index (κ2) is 28.0. The molecular formula is C56H86ClN5O14. The molecule has 0 radical (unpaired) electrons. The molecule has 19 nitrogen and oxygen atoms in total. The summed E-state index contributed by atoms with van der Waals surface area (Å²) in [6.07, 6.45) is -8.65. The highest BCUT2D eigenvalue weighted by atomic mass is 35.5. The number of likely N-dealkylation sites (N-methyl/N-ethyl adjacent to an activating group) is 2. The summed E-state index contributed by atoms with van der Waals surface area (Å²) in [5.41, 5.74) is 3.87. The molecule has 0 bridgehead atoms. The van der Waals surface area contributed by atoms with Crippen LogP contribution in [0.1, 0.15) is 106 Å². The van der Waals surface area contributed by atoms with Gasteiger partial charge in [0.15, 0.2) is 12.6 Å². The van der Waals surface area contributed by atoms with Gasteiger partial charge in [0.2, 0.25) is 0 Å². The Bertz CT molecular complexity index is 2200. The Morgan fingerprint density at radius 3 is 2.17 bits per heavy atom. The molecule has 426 valence electrons. The van der Waals surface area contributed by atoms with Crippen molar-refractivity contribution in [2.75, 3.05) is 34.2 Å². The van der Waals surface area contributed by atoms with Crippen LogP contribution in [-0.4, -0.2) is 169 Å². The molecule has 6 N–H and O–H groups in total. The molecule has 3 saturated heterocycles. The van der Waals surface area contributed by atoms with E-state index in [0.717, 1.165) is 11.1 Å². The van der Waals surface area contributed by atoms with Crippen molar-refractivity contribution in [1.82, 2.24) is 26.0 Å². The number of hydrogen-bond donors (Lipinski definition) is 6. The molecule has 3 aliphatic rings. The Morgan fingerprint density at radius 2 is 1.54 bits per heavy atom. The molecule has 5 rings (SSSR count). The van der Waals surface area contributed by atoms with Gasteiger partial charge in [-0.1, -0.05) is 88.7 Å². The van der Waals surface area contributed by atoms with E-state index < -0.39 is 114 Å². The number of carbonyl (C=O) groups is 4. The van der Waals surface area contributed by atoms with Gasteiger partial charge in [-0.25, -0.2) is 15.0 Å². The summed E-state index contributed by atoms with van der Waals surface area (Å²) in [4.78, 5) is 57.8. The van der Waals surface area contributed by atoms with Gasteiger partial charge in [0.1, 0.15) is 30.5 Å². The fourth-order valence-electron chi connectivity index (χ4n) is 11.0. The quantitative estimate of drug-likeness (QED) is 0.0564. The number of amides is 3. The number of carbonyl (C=O) groups excluding carboxylic acids is 4. The Kier molecular flexibility index (Phi) is 23.0. The van der Waals surface area contributed by atoms with Gasteiger partial charge in [0.05, 0.1) is 35.9 Å². The minimum Gasteiger partial charge on any atom is -0.459 e. The molecule has 17 atom stereocenters. The molecule has 0 aliphatic carbocycles. The number of halogens is 1. The van der Waals surface area contributed by atoms with Crippen molar-refractivity contribution in [3.05, 3.63) is 76.8 Å². The number of rotatable bonds is 13. The van der Waals surface area contributed by atoms with Crippen LogP contribution < -0.4 is 16.2 Å². The maximum atomic E-state index is 14.8. The van der Waals surface area contributed by atoms with Crippen molar-refractivity contribution in [3.63, 3.8) is 0 Å². The van der Waals surface area contributed by atoms with E-state index >= 15 is 0 Å². The van der Waals surface area contributed by atoms with Gasteiger partial charge in [0.25, 0.3) is 5.91 Å². The predicted molar refractivity (Wildman–Crippen MR) is 286 cm³/mol. The van der Waals surface area contributed by atoms with Crippen LogP contribution in [0.25, 0.3) is 6.08 Å². The average molecular weight is 1090 g/mol. The molecule has 2 aromatic rings. The number of alkyl carbamates (subject to hydrolysis) is 1. The fourth-order valence-corrected chi connectivity index (χ4v) is 11.1. The van der Waals surface area contributed by atoms with Gasteiger partial charge < -0.3 is 58.7 Å². The molecule has 76 heavy (non-hydrogen) atoms. The Balaban J connectivity index is 1.44. The monoisotopic (exact) mass is 1090 g/mol. The van der Waals surface area contributed by atoms with Gasteiger partial charge in [-0.3, -0.25) is 19.9 Å². The number of nitrogens with zero attached hydrogens (tertiary/aromatic N) is 2. The lowest BCUT2D eigenvalue weighted by atomic mass is 9.77. The highest BCUT2D eigenvalue weighted by molar-refractivity contribution is 6.30. The molecule has 20 heteroatoms. The molecule has 3 aliphatic heterocycles. The van der Waals surface area contributed by atoms with E-state index in [1.54, 1.807) is 65.0 Å². The van der Waals surface area contributed by atoms with Crippen LogP contribution in [0, 0.1) is 23.2 Å². The minimum absolute atomic E-state index is 0.148. The van der Waals surface area contributed by atoms with Gasteiger partial charge >= 0.3 is 18.2 Å². The lowest BCUT2D eigenvalue weighted by Gasteiger charge is -2.49. The molecule has 0 spiro atoms. The molecule has 0 aromatic heterocycles. The lowest BCUT2D eigenvalue weighted by molar-refractivity contribution is -0.312. The van der Waals surface area contributed by atoms with Crippen molar-refractivity contribution >= 4 is 41.7 Å². The summed E-state index contributed by atoms with van der Waals surface area (Å²) in [6, 6.07) is 15.6. The molecule has 1 unspecified atom stereocenters. The van der Waals surface area contributed by atoms with Crippen molar-refractivity contribution in [3.8, 4) is 0 Å². The van der Waals surface area contributed by atoms with Gasteiger partial charge in [0, 0.05) is 54.0 Å². The van der Waals surface area contributed by atoms with Gasteiger partial charge in [-0.05, 0) is 117 Å². The Morgan fingerprint density at radius 1 is 0.868 bits per heavy atom. The number of benzene rings is 2. The van der Waals surface area contributed by atoms with Crippen molar-refractivity contribution in [1.29, 1.82) is 0 Å². The molecule has 2 aromatic carbocycles. The smallest absolute Gasteiger partial charge is 0.426 e. The van der Waals surface area contributed by atoms with Gasteiger partial charge in [-0.2, -0.15) is 0 Å². The van der Waals surface area contributed by atoms with Crippen molar-refractivity contribution in [2.24, 2.45) is 23.2 Å². The number of cyclic esters (lactones) is 1. The summed E-state index contributed by atoms with van der Waals surface area (Å²) in [6.45, 7) is 18.6. The maximum absolute atomic E-state index is 14.8. The standard InChI is InChI=1S/C56H86ClN5O14/c1-14-42-46(65)48(74-53(67)58-27-26-38-18-16-15-17-19-38)36(6)62(13)31-32(2)29-56(10,69)49(75-52-45(64)41(61(11)12)28-33(3)70-52)34(4)47(35(5)51(66)72-42)73-44-30-55(8,9)50(37(7)71-44)76-54(68)60-59-43(63)25-22-39-20-23-40(57)24-21-39/h15-25,32-37,41-42,44-50,52,64-65,69H,14,26-31H2,1-13H3,(H,58,67)(H,59,63)(H,60,68)/b25-22+/t32-,33-,34+,35-,36-,37+,41+,42-,44?,45-,46+,47+,48-,49-,50+,52+,56+/m1/s1. The first-order valence-electron chi connectivity index (χ1n) is 26.7. The minimum atomic E-state index is -1.67. The van der Waals surface area contributed by atoms with Crippen LogP contribution >= 0.6 is 11.6 Å². The topological polar surface area (TPSA) is 236 Å². The summed E-state index contributed by atoms with van der Waals surface area (Å²) < 4.78 is 44.7. The number of hydrazine groups is 1. The molecule has 3 heterocycles. The first-order valence-corrected chi connectivity index (χ1v) is 27.0. The predicted octanol–water partition coefficient (Wildman–Crippen LogP) is 6.24. The zero-order chi connectivity index (χ0) is 56.2. The normalized spacial score (nSPS) is 35.1. The van der Waals surface area contributed by atoms with E-state index in [1.807, 2.05) is 95.9 Å². The number of ether oxygens (including phenoxy) is 7. The number of nitrogens with one attached hydrogen (secondary N) is 3. The van der Waals surface area contributed by atoms with Crippen LogP contribution in [0.15, 0.2) is 60.7 Å². The van der Waals surface area contributed by atoms with E-state index in [-0.39, 0.29) is 43.9 Å². The van der Waals surface area contributed by atoms with Crippen LogP contribution in [0.4, 0.5) is 9.59 Å². The molecule has 3 amide bonds. The summed E-state index contributed by atoms with van der Waals surface area (Å²) in [5, 5.41) is 40.2. The highest BCUT2D eigenvalue weighted by Gasteiger charge is 2.52. The first-order chi connectivity index (χ1) is 35.7. The zero-order valence-electron chi connectivity index (χ0n) is 46.6. The van der Waals surface area contributed by atoms with E-state index in [9.17, 15) is 34.5 Å². The first kappa shape index (κ1) is 62.4. The lowest BCUT2D eigenvalue weighted by Crippen LogP contribution is -2.60. The van der Waals surface area contributed by atoms with Crippen LogP contribution in [0.3, 0.4) is 0 Å². The number of aliphatic hydroxyl groups is 3. The Hall–Kier alpha value is -4.41.